The molecular formula is C14H20ClN3O5S. The lowest BCUT2D eigenvalue weighted by atomic mass is 10.2. The molecule has 1 atom stereocenters. The number of methoxy groups -OCH3 is 1. The highest BCUT2D eigenvalue weighted by atomic mass is 35.5. The molecule has 10 heteroatoms. The van der Waals surface area contributed by atoms with Gasteiger partial charge in [-0.1, -0.05) is 0 Å². The fourth-order valence-corrected chi connectivity index (χ4v) is 4.39. The third-order valence-corrected chi connectivity index (χ3v) is 5.73. The average Bonchev–Trinajstić information content (AvgIpc) is 2.53. The lowest BCUT2D eigenvalue weighted by Crippen LogP contribution is -2.51. The summed E-state index contributed by atoms with van der Waals surface area (Å²) in [5.41, 5.74) is 0.408. The number of ether oxygens (including phenoxy) is 2. The number of amides is 1. The molecular weight excluding hydrogens is 358 g/mol. The minimum absolute atomic E-state index is 0. The van der Waals surface area contributed by atoms with Gasteiger partial charge in [-0.25, -0.2) is 8.42 Å². The van der Waals surface area contributed by atoms with Crippen molar-refractivity contribution in [1.29, 1.82) is 0 Å². The first kappa shape index (κ1) is 18.8. The third kappa shape index (κ3) is 3.44. The molecule has 1 aromatic rings. The molecule has 24 heavy (non-hydrogen) atoms. The summed E-state index contributed by atoms with van der Waals surface area (Å²) in [6.07, 6.45) is 0. The van der Waals surface area contributed by atoms with Crippen LogP contribution in [-0.2, 0) is 14.8 Å². The summed E-state index contributed by atoms with van der Waals surface area (Å²) in [6, 6.07) is 2.97. The number of benzene rings is 1. The zero-order valence-electron chi connectivity index (χ0n) is 13.4. The highest BCUT2D eigenvalue weighted by Gasteiger charge is 2.32. The number of fused-ring (bicyclic) bond motifs is 1. The van der Waals surface area contributed by atoms with Crippen molar-refractivity contribution < 1.29 is 22.7 Å². The van der Waals surface area contributed by atoms with E-state index < -0.39 is 10.0 Å². The highest BCUT2D eigenvalue weighted by molar-refractivity contribution is 7.89. The van der Waals surface area contributed by atoms with Crippen molar-refractivity contribution in [2.75, 3.05) is 38.7 Å². The van der Waals surface area contributed by atoms with Gasteiger partial charge in [0, 0.05) is 37.8 Å². The Morgan fingerprint density at radius 3 is 2.79 bits per heavy atom. The van der Waals surface area contributed by atoms with Crippen molar-refractivity contribution in [2.45, 2.75) is 17.9 Å². The van der Waals surface area contributed by atoms with E-state index in [1.54, 1.807) is 0 Å². The third-order valence-electron chi connectivity index (χ3n) is 3.85. The van der Waals surface area contributed by atoms with Crippen LogP contribution in [0.4, 0.5) is 5.69 Å². The Morgan fingerprint density at radius 1 is 1.38 bits per heavy atom. The van der Waals surface area contributed by atoms with Crippen LogP contribution in [0.25, 0.3) is 0 Å². The SMILES string of the molecule is COc1cc2c(cc1S(=O)(=O)N1CCN[C@@H](C)C1)OCC(=O)N2.Cl. The summed E-state index contributed by atoms with van der Waals surface area (Å²) in [5.74, 6) is 0.221. The van der Waals surface area contributed by atoms with Crippen molar-refractivity contribution in [3.63, 3.8) is 0 Å². The van der Waals surface area contributed by atoms with Crippen molar-refractivity contribution in [1.82, 2.24) is 9.62 Å². The molecule has 0 aliphatic carbocycles. The van der Waals surface area contributed by atoms with Gasteiger partial charge < -0.3 is 20.1 Å². The molecule has 1 aromatic carbocycles. The first-order chi connectivity index (χ1) is 10.9. The number of halogens is 1. The van der Waals surface area contributed by atoms with Crippen LogP contribution in [0.3, 0.4) is 0 Å². The monoisotopic (exact) mass is 377 g/mol. The fraction of sp³-hybridized carbons (Fsp3) is 0.500. The molecule has 0 unspecified atom stereocenters. The molecule has 1 fully saturated rings. The van der Waals surface area contributed by atoms with Crippen LogP contribution in [0.15, 0.2) is 17.0 Å². The lowest BCUT2D eigenvalue weighted by molar-refractivity contribution is -0.118. The van der Waals surface area contributed by atoms with Crippen LogP contribution in [0, 0.1) is 0 Å². The number of nitrogens with one attached hydrogen (secondary N) is 2. The minimum atomic E-state index is -3.71. The molecule has 3 rings (SSSR count). The maximum Gasteiger partial charge on any atom is 0.262 e. The summed E-state index contributed by atoms with van der Waals surface area (Å²) in [5, 5.41) is 5.85. The van der Waals surface area contributed by atoms with Crippen LogP contribution in [0.2, 0.25) is 0 Å². The molecule has 2 aliphatic rings. The topological polar surface area (TPSA) is 97.0 Å². The number of hydrogen-bond acceptors (Lipinski definition) is 6. The van der Waals surface area contributed by atoms with E-state index in [-0.39, 0.29) is 41.6 Å². The number of rotatable bonds is 3. The van der Waals surface area contributed by atoms with E-state index in [2.05, 4.69) is 10.6 Å². The second-order valence-electron chi connectivity index (χ2n) is 5.55. The first-order valence-corrected chi connectivity index (χ1v) is 8.74. The zero-order chi connectivity index (χ0) is 16.6. The normalized spacial score (nSPS) is 21.1. The van der Waals surface area contributed by atoms with Crippen molar-refractivity contribution in [3.8, 4) is 11.5 Å². The van der Waals surface area contributed by atoms with E-state index in [4.69, 9.17) is 9.47 Å². The molecule has 1 amide bonds. The number of carbonyl (C=O) groups is 1. The molecule has 2 heterocycles. The summed E-state index contributed by atoms with van der Waals surface area (Å²) < 4.78 is 37.8. The molecule has 8 nitrogen and oxygen atoms in total. The number of sulfonamides is 1. The van der Waals surface area contributed by atoms with Crippen LogP contribution >= 0.6 is 12.4 Å². The van der Waals surface area contributed by atoms with Crippen LogP contribution in [-0.4, -0.2) is 58.0 Å². The molecule has 0 bridgehead atoms. The smallest absolute Gasteiger partial charge is 0.262 e. The predicted octanol–water partition coefficient (Wildman–Crippen LogP) is 0.430. The van der Waals surface area contributed by atoms with Crippen LogP contribution < -0.4 is 20.1 Å². The Morgan fingerprint density at radius 2 is 2.12 bits per heavy atom. The van der Waals surface area contributed by atoms with Crippen LogP contribution in [0.1, 0.15) is 6.92 Å². The van der Waals surface area contributed by atoms with Gasteiger partial charge in [0.1, 0.15) is 16.4 Å². The van der Waals surface area contributed by atoms with Crippen LogP contribution in [0.5, 0.6) is 11.5 Å². The number of nitrogens with zero attached hydrogens (tertiary/aromatic N) is 1. The second kappa shape index (κ2) is 7.14. The van der Waals surface area contributed by atoms with E-state index >= 15 is 0 Å². The Balaban J connectivity index is 0.00000208. The summed E-state index contributed by atoms with van der Waals surface area (Å²) >= 11 is 0. The Bertz CT molecular complexity index is 740. The van der Waals surface area contributed by atoms with Gasteiger partial charge in [0.25, 0.3) is 5.91 Å². The Kier molecular flexibility index (Phi) is 5.59. The quantitative estimate of drug-likeness (QED) is 0.793. The second-order valence-corrected chi connectivity index (χ2v) is 7.46. The van der Waals surface area contributed by atoms with Gasteiger partial charge in [-0.3, -0.25) is 4.79 Å². The van der Waals surface area contributed by atoms with E-state index in [9.17, 15) is 13.2 Å². The number of anilines is 1. The Labute approximate surface area is 147 Å². The average molecular weight is 378 g/mol. The van der Waals surface area contributed by atoms with E-state index in [0.29, 0.717) is 31.1 Å². The fourth-order valence-electron chi connectivity index (χ4n) is 2.70. The molecule has 0 saturated carbocycles. The van der Waals surface area contributed by atoms with Gasteiger partial charge in [0.15, 0.2) is 6.61 Å². The maximum absolute atomic E-state index is 12.9. The number of hydrogen-bond donors (Lipinski definition) is 2. The summed E-state index contributed by atoms with van der Waals surface area (Å²) in [6.45, 7) is 3.18. The number of piperazine rings is 1. The summed E-state index contributed by atoms with van der Waals surface area (Å²) in [7, 11) is -2.31. The summed E-state index contributed by atoms with van der Waals surface area (Å²) in [4.78, 5) is 11.4. The molecule has 2 N–H and O–H groups in total. The Hall–Kier alpha value is -1.55. The van der Waals surface area contributed by atoms with Crippen molar-refractivity contribution in [2.24, 2.45) is 0 Å². The van der Waals surface area contributed by atoms with Gasteiger partial charge in [-0.05, 0) is 6.92 Å². The van der Waals surface area contributed by atoms with E-state index in [1.165, 1.54) is 23.5 Å². The largest absolute Gasteiger partial charge is 0.495 e. The van der Waals surface area contributed by atoms with Crippen molar-refractivity contribution in [3.05, 3.63) is 12.1 Å². The molecule has 0 aromatic heterocycles. The molecule has 134 valence electrons. The molecule has 1 saturated heterocycles. The van der Waals surface area contributed by atoms with Gasteiger partial charge >= 0.3 is 0 Å². The molecule has 0 radical (unpaired) electrons. The van der Waals surface area contributed by atoms with Gasteiger partial charge in [-0.15, -0.1) is 12.4 Å². The predicted molar refractivity (Wildman–Crippen MR) is 90.6 cm³/mol. The number of carbonyl (C=O) groups excluding carboxylic acids is 1. The zero-order valence-corrected chi connectivity index (χ0v) is 15.0. The van der Waals surface area contributed by atoms with Gasteiger partial charge in [-0.2, -0.15) is 4.31 Å². The highest BCUT2D eigenvalue weighted by Crippen LogP contribution is 2.38. The lowest BCUT2D eigenvalue weighted by Gasteiger charge is -2.31. The first-order valence-electron chi connectivity index (χ1n) is 7.30. The minimum Gasteiger partial charge on any atom is -0.495 e. The standard InChI is InChI=1S/C14H19N3O5S.ClH/c1-9-7-17(4-3-15-9)23(19,20)13-6-11-10(5-12(13)21-2)16-14(18)8-22-11;/h5-6,9,15H,3-4,7-8H2,1-2H3,(H,16,18);1H/t9-;/m0./s1. The molecule has 2 aliphatic heterocycles. The van der Waals surface area contributed by atoms with Crippen molar-refractivity contribution >= 4 is 34.0 Å². The van der Waals surface area contributed by atoms with Gasteiger partial charge in [0.05, 0.1) is 12.8 Å². The van der Waals surface area contributed by atoms with Gasteiger partial charge in [0.2, 0.25) is 10.0 Å². The van der Waals surface area contributed by atoms with E-state index in [1.807, 2.05) is 6.92 Å². The van der Waals surface area contributed by atoms with E-state index in [0.717, 1.165) is 0 Å². The molecule has 0 spiro atoms. The maximum atomic E-state index is 12.9.